The van der Waals surface area contributed by atoms with Crippen LogP contribution in [0.15, 0.2) is 16.9 Å². The van der Waals surface area contributed by atoms with Gasteiger partial charge in [0.05, 0.1) is 11.4 Å². The molecule has 0 amide bonds. The first-order valence-corrected chi connectivity index (χ1v) is 10.1. The fourth-order valence-electron chi connectivity index (χ4n) is 4.48. The molecule has 2 aliphatic rings. The van der Waals surface area contributed by atoms with Gasteiger partial charge in [-0.15, -0.1) is 10.2 Å². The second kappa shape index (κ2) is 6.71. The molecule has 0 saturated carbocycles. The molecule has 0 atom stereocenters. The fourth-order valence-corrected chi connectivity index (χ4v) is 4.48. The van der Waals surface area contributed by atoms with Gasteiger partial charge in [-0.1, -0.05) is 13.8 Å². The second-order valence-corrected chi connectivity index (χ2v) is 8.17. The third-order valence-electron chi connectivity index (χ3n) is 5.97. The summed E-state index contributed by atoms with van der Waals surface area (Å²) in [4.78, 5) is 6.90. The van der Waals surface area contributed by atoms with Gasteiger partial charge in [-0.2, -0.15) is 9.61 Å². The minimum absolute atomic E-state index is 0.371. The smallest absolute Gasteiger partial charge is 0.181 e. The number of likely N-dealkylation sites (tertiary alicyclic amines) is 1. The van der Waals surface area contributed by atoms with Crippen molar-refractivity contribution in [3.8, 4) is 0 Å². The van der Waals surface area contributed by atoms with E-state index < -0.39 is 0 Å². The highest BCUT2D eigenvalue weighted by atomic mass is 16.3. The predicted octanol–water partition coefficient (Wildman–Crippen LogP) is 3.10. The van der Waals surface area contributed by atoms with E-state index >= 15 is 0 Å². The van der Waals surface area contributed by atoms with Gasteiger partial charge in [0.2, 0.25) is 0 Å². The molecule has 1 aliphatic heterocycles. The van der Waals surface area contributed by atoms with Crippen LogP contribution in [0.3, 0.4) is 0 Å². The van der Waals surface area contributed by atoms with Crippen molar-refractivity contribution in [2.75, 3.05) is 13.1 Å². The molecule has 142 valence electrons. The monoisotopic (exact) mass is 366 g/mol. The van der Waals surface area contributed by atoms with E-state index in [-0.39, 0.29) is 0 Å². The standard InChI is InChI=1S/C20H26N6O/c1-13(2)19-17(21-12-27-19)11-25-8-6-14(7-9-25)20-23-22-18-10-15-4-3-5-16(15)24-26(18)20/h10,12-14H,3-9,11H2,1-2H3. The summed E-state index contributed by atoms with van der Waals surface area (Å²) in [6.07, 6.45) is 7.14. The number of aromatic nitrogens is 5. The van der Waals surface area contributed by atoms with Crippen LogP contribution in [0.4, 0.5) is 0 Å². The van der Waals surface area contributed by atoms with Gasteiger partial charge in [0.25, 0.3) is 0 Å². The topological polar surface area (TPSA) is 72.3 Å². The van der Waals surface area contributed by atoms with E-state index in [1.54, 1.807) is 6.39 Å². The quantitative estimate of drug-likeness (QED) is 0.706. The summed E-state index contributed by atoms with van der Waals surface area (Å²) in [6.45, 7) is 7.24. The number of piperidine rings is 1. The number of aryl methyl sites for hydroxylation is 2. The van der Waals surface area contributed by atoms with Crippen molar-refractivity contribution in [2.24, 2.45) is 0 Å². The van der Waals surface area contributed by atoms with Crippen LogP contribution in [-0.2, 0) is 19.4 Å². The maximum Gasteiger partial charge on any atom is 0.181 e. The summed E-state index contributed by atoms with van der Waals surface area (Å²) >= 11 is 0. The molecular formula is C20H26N6O. The Kier molecular flexibility index (Phi) is 4.19. The molecule has 7 heteroatoms. The van der Waals surface area contributed by atoms with E-state index in [2.05, 4.69) is 40.0 Å². The van der Waals surface area contributed by atoms with Crippen LogP contribution in [0.2, 0.25) is 0 Å². The zero-order valence-electron chi connectivity index (χ0n) is 16.1. The molecule has 27 heavy (non-hydrogen) atoms. The van der Waals surface area contributed by atoms with Crippen molar-refractivity contribution >= 4 is 5.65 Å². The molecule has 3 aromatic rings. The molecule has 0 bridgehead atoms. The van der Waals surface area contributed by atoms with Gasteiger partial charge in [-0.3, -0.25) is 4.90 Å². The van der Waals surface area contributed by atoms with Crippen molar-refractivity contribution in [1.82, 2.24) is 29.7 Å². The van der Waals surface area contributed by atoms with Crippen molar-refractivity contribution in [2.45, 2.75) is 64.3 Å². The van der Waals surface area contributed by atoms with Gasteiger partial charge in [-0.25, -0.2) is 4.98 Å². The summed E-state index contributed by atoms with van der Waals surface area (Å²) in [7, 11) is 0. The van der Waals surface area contributed by atoms with E-state index in [1.165, 1.54) is 17.7 Å². The Bertz CT molecular complexity index is 951. The molecular weight excluding hydrogens is 340 g/mol. The minimum Gasteiger partial charge on any atom is -0.448 e. The van der Waals surface area contributed by atoms with Crippen LogP contribution >= 0.6 is 0 Å². The molecule has 0 unspecified atom stereocenters. The first-order valence-electron chi connectivity index (χ1n) is 10.1. The molecule has 7 nitrogen and oxygen atoms in total. The lowest BCUT2D eigenvalue weighted by Crippen LogP contribution is -2.33. The summed E-state index contributed by atoms with van der Waals surface area (Å²) < 4.78 is 7.56. The Morgan fingerprint density at radius 3 is 2.85 bits per heavy atom. The predicted molar refractivity (Wildman–Crippen MR) is 101 cm³/mol. The maximum atomic E-state index is 5.56. The lowest BCUT2D eigenvalue weighted by Gasteiger charge is -2.30. The average molecular weight is 366 g/mol. The maximum absolute atomic E-state index is 5.56. The summed E-state index contributed by atoms with van der Waals surface area (Å²) in [5.41, 5.74) is 4.56. The van der Waals surface area contributed by atoms with Gasteiger partial charge < -0.3 is 4.42 Å². The van der Waals surface area contributed by atoms with Gasteiger partial charge in [0.1, 0.15) is 5.76 Å². The van der Waals surface area contributed by atoms with E-state index in [0.29, 0.717) is 11.8 Å². The van der Waals surface area contributed by atoms with Gasteiger partial charge in [-0.05, 0) is 56.8 Å². The molecule has 5 rings (SSSR count). The molecule has 1 aliphatic carbocycles. The van der Waals surface area contributed by atoms with E-state index in [4.69, 9.17) is 9.52 Å². The number of hydrogen-bond acceptors (Lipinski definition) is 6. The summed E-state index contributed by atoms with van der Waals surface area (Å²) in [6, 6.07) is 2.18. The van der Waals surface area contributed by atoms with Crippen molar-refractivity contribution in [3.63, 3.8) is 0 Å². The van der Waals surface area contributed by atoms with Crippen molar-refractivity contribution < 1.29 is 4.42 Å². The Morgan fingerprint density at radius 2 is 2.04 bits per heavy atom. The number of fused-ring (bicyclic) bond motifs is 2. The van der Waals surface area contributed by atoms with E-state index in [1.807, 2.05) is 4.52 Å². The first kappa shape index (κ1) is 16.9. The molecule has 4 heterocycles. The Balaban J connectivity index is 1.29. The third kappa shape index (κ3) is 3.04. The Hall–Kier alpha value is -2.28. The van der Waals surface area contributed by atoms with Crippen LogP contribution in [0.25, 0.3) is 5.65 Å². The van der Waals surface area contributed by atoms with E-state index in [9.17, 15) is 0 Å². The molecule has 0 N–H and O–H groups in total. The highest BCUT2D eigenvalue weighted by Gasteiger charge is 2.27. The molecule has 1 fully saturated rings. The van der Waals surface area contributed by atoms with E-state index in [0.717, 1.165) is 68.2 Å². The zero-order valence-corrected chi connectivity index (χ0v) is 16.1. The average Bonchev–Trinajstić information content (AvgIpc) is 3.39. The van der Waals surface area contributed by atoms with Crippen LogP contribution in [0, 0.1) is 0 Å². The van der Waals surface area contributed by atoms with Crippen LogP contribution < -0.4 is 0 Å². The minimum atomic E-state index is 0.371. The lowest BCUT2D eigenvalue weighted by molar-refractivity contribution is 0.197. The fraction of sp³-hybridized carbons (Fsp3) is 0.600. The number of rotatable bonds is 4. The van der Waals surface area contributed by atoms with Crippen LogP contribution in [-0.4, -0.2) is 42.8 Å². The summed E-state index contributed by atoms with van der Waals surface area (Å²) in [5.74, 6) is 2.84. The van der Waals surface area contributed by atoms with Gasteiger partial charge in [0.15, 0.2) is 17.9 Å². The number of nitrogens with zero attached hydrogens (tertiary/aromatic N) is 6. The highest BCUT2D eigenvalue weighted by molar-refractivity contribution is 5.43. The Labute approximate surface area is 158 Å². The van der Waals surface area contributed by atoms with Crippen LogP contribution in [0.5, 0.6) is 0 Å². The normalized spacial score (nSPS) is 18.6. The number of oxazole rings is 1. The van der Waals surface area contributed by atoms with Gasteiger partial charge in [0, 0.05) is 18.4 Å². The zero-order chi connectivity index (χ0) is 18.4. The molecule has 0 spiro atoms. The highest BCUT2D eigenvalue weighted by Crippen LogP contribution is 2.29. The summed E-state index contributed by atoms with van der Waals surface area (Å²) in [5, 5.41) is 13.8. The SMILES string of the molecule is CC(C)c1ocnc1CN1CCC(c2nnc3cc4c(nn23)CCC4)CC1. The van der Waals surface area contributed by atoms with Crippen molar-refractivity contribution in [1.29, 1.82) is 0 Å². The Morgan fingerprint density at radius 1 is 1.19 bits per heavy atom. The van der Waals surface area contributed by atoms with Gasteiger partial charge >= 0.3 is 0 Å². The molecule has 3 aromatic heterocycles. The molecule has 1 saturated heterocycles. The van der Waals surface area contributed by atoms with Crippen LogP contribution in [0.1, 0.15) is 73.5 Å². The number of hydrogen-bond donors (Lipinski definition) is 0. The third-order valence-corrected chi connectivity index (χ3v) is 5.97. The largest absolute Gasteiger partial charge is 0.448 e. The lowest BCUT2D eigenvalue weighted by atomic mass is 9.96. The van der Waals surface area contributed by atoms with Crippen molar-refractivity contribution in [3.05, 3.63) is 41.0 Å². The molecule has 0 radical (unpaired) electrons. The second-order valence-electron chi connectivity index (χ2n) is 8.17. The first-order chi connectivity index (χ1) is 13.2. The molecule has 0 aromatic carbocycles.